The second-order valence-electron chi connectivity index (χ2n) is 6.50. The van der Waals surface area contributed by atoms with Crippen LogP contribution in [-0.2, 0) is 0 Å². The topological polar surface area (TPSA) is 64.8 Å². The van der Waals surface area contributed by atoms with Gasteiger partial charge in [-0.3, -0.25) is 4.79 Å². The lowest BCUT2D eigenvalue weighted by molar-refractivity contribution is 0.0743. The van der Waals surface area contributed by atoms with E-state index in [9.17, 15) is 4.79 Å². The normalized spacial score (nSPS) is 19.4. The summed E-state index contributed by atoms with van der Waals surface area (Å²) in [5.41, 5.74) is 6.42. The molecule has 1 aromatic rings. The fourth-order valence-corrected chi connectivity index (χ4v) is 3.06. The molecule has 142 valence electrons. The van der Waals surface area contributed by atoms with Gasteiger partial charge in [0, 0.05) is 18.2 Å². The fourth-order valence-electron chi connectivity index (χ4n) is 3.06. The van der Waals surface area contributed by atoms with Crippen LogP contribution in [0.5, 0.6) is 11.5 Å². The molecule has 6 heteroatoms. The Labute approximate surface area is 157 Å². The third-order valence-corrected chi connectivity index (χ3v) is 4.37. The first-order chi connectivity index (χ1) is 11.6. The third kappa shape index (κ3) is 5.51. The van der Waals surface area contributed by atoms with E-state index in [4.69, 9.17) is 15.2 Å². The molecule has 25 heavy (non-hydrogen) atoms. The number of rotatable bonds is 8. The van der Waals surface area contributed by atoms with E-state index in [2.05, 4.69) is 20.8 Å². The summed E-state index contributed by atoms with van der Waals surface area (Å²) in [5.74, 6) is 1.79. The molecule has 1 fully saturated rings. The maximum atomic E-state index is 12.9. The number of likely N-dealkylation sites (tertiary alicyclic amines) is 1. The maximum absolute atomic E-state index is 12.9. The first kappa shape index (κ1) is 21.6. The SMILES string of the molecule is CCCOc1ccc(C(=O)N2CC(CN)CC2C)cc1OCCC.Cl. The molecule has 0 aliphatic carbocycles. The summed E-state index contributed by atoms with van der Waals surface area (Å²) in [7, 11) is 0. The van der Waals surface area contributed by atoms with Crippen LogP contribution in [0.15, 0.2) is 18.2 Å². The Bertz CT molecular complexity index is 553. The summed E-state index contributed by atoms with van der Waals surface area (Å²) in [4.78, 5) is 14.8. The number of halogens is 1. The van der Waals surface area contributed by atoms with E-state index >= 15 is 0 Å². The maximum Gasteiger partial charge on any atom is 0.254 e. The number of amides is 1. The highest BCUT2D eigenvalue weighted by atomic mass is 35.5. The van der Waals surface area contributed by atoms with Crippen molar-refractivity contribution in [1.82, 2.24) is 4.90 Å². The lowest BCUT2D eigenvalue weighted by Gasteiger charge is -2.22. The van der Waals surface area contributed by atoms with Gasteiger partial charge in [-0.05, 0) is 56.8 Å². The predicted octanol–water partition coefficient (Wildman–Crippen LogP) is 3.50. The zero-order chi connectivity index (χ0) is 17.5. The molecule has 0 radical (unpaired) electrons. The Balaban J connectivity index is 0.00000312. The molecule has 0 spiro atoms. The molecular formula is C19H31ClN2O3. The van der Waals surface area contributed by atoms with Crippen molar-refractivity contribution in [2.45, 2.75) is 46.1 Å². The lowest BCUT2D eigenvalue weighted by Crippen LogP contribution is -2.34. The minimum Gasteiger partial charge on any atom is -0.490 e. The number of nitrogens with zero attached hydrogens (tertiary/aromatic N) is 1. The summed E-state index contributed by atoms with van der Waals surface area (Å²) in [6.45, 7) is 8.81. The Morgan fingerprint density at radius 2 is 1.84 bits per heavy atom. The van der Waals surface area contributed by atoms with Gasteiger partial charge >= 0.3 is 0 Å². The summed E-state index contributed by atoms with van der Waals surface area (Å²) in [5, 5.41) is 0. The van der Waals surface area contributed by atoms with Crippen molar-refractivity contribution < 1.29 is 14.3 Å². The Morgan fingerprint density at radius 1 is 1.20 bits per heavy atom. The van der Waals surface area contributed by atoms with Crippen molar-refractivity contribution in [3.8, 4) is 11.5 Å². The molecule has 5 nitrogen and oxygen atoms in total. The van der Waals surface area contributed by atoms with Gasteiger partial charge in [0.2, 0.25) is 0 Å². The summed E-state index contributed by atoms with van der Waals surface area (Å²) >= 11 is 0. The van der Waals surface area contributed by atoms with Crippen LogP contribution in [-0.4, -0.2) is 43.2 Å². The van der Waals surface area contributed by atoms with E-state index in [1.54, 1.807) is 0 Å². The molecular weight excluding hydrogens is 340 g/mol. The molecule has 1 aromatic carbocycles. The minimum atomic E-state index is 0. The van der Waals surface area contributed by atoms with E-state index < -0.39 is 0 Å². The first-order valence-corrected chi connectivity index (χ1v) is 9.01. The highest BCUT2D eigenvalue weighted by Crippen LogP contribution is 2.31. The van der Waals surface area contributed by atoms with Crippen molar-refractivity contribution >= 4 is 18.3 Å². The molecule has 1 aliphatic heterocycles. The molecule has 1 amide bonds. The van der Waals surface area contributed by atoms with Crippen molar-refractivity contribution in [3.63, 3.8) is 0 Å². The van der Waals surface area contributed by atoms with Gasteiger partial charge in [0.25, 0.3) is 5.91 Å². The number of ether oxygens (including phenoxy) is 2. The van der Waals surface area contributed by atoms with E-state index in [0.29, 0.717) is 42.7 Å². The van der Waals surface area contributed by atoms with Crippen LogP contribution in [0.1, 0.15) is 50.4 Å². The summed E-state index contributed by atoms with van der Waals surface area (Å²) in [6.07, 6.45) is 2.81. The molecule has 0 aromatic heterocycles. The molecule has 2 atom stereocenters. The van der Waals surface area contributed by atoms with Crippen LogP contribution in [0.3, 0.4) is 0 Å². The molecule has 1 aliphatic rings. The van der Waals surface area contributed by atoms with Gasteiger partial charge in [-0.25, -0.2) is 0 Å². The van der Waals surface area contributed by atoms with E-state index in [1.807, 2.05) is 23.1 Å². The molecule has 2 rings (SSSR count). The highest BCUT2D eigenvalue weighted by molar-refractivity contribution is 5.95. The number of nitrogens with two attached hydrogens (primary N) is 1. The Morgan fingerprint density at radius 3 is 2.40 bits per heavy atom. The van der Waals surface area contributed by atoms with Crippen molar-refractivity contribution in [2.75, 3.05) is 26.3 Å². The van der Waals surface area contributed by atoms with Gasteiger partial charge < -0.3 is 20.1 Å². The summed E-state index contributed by atoms with van der Waals surface area (Å²) < 4.78 is 11.5. The first-order valence-electron chi connectivity index (χ1n) is 9.01. The predicted molar refractivity (Wildman–Crippen MR) is 103 cm³/mol. The van der Waals surface area contributed by atoms with Gasteiger partial charge in [0.15, 0.2) is 11.5 Å². The van der Waals surface area contributed by atoms with E-state index in [-0.39, 0.29) is 24.4 Å². The number of carbonyl (C=O) groups excluding carboxylic acids is 1. The fraction of sp³-hybridized carbons (Fsp3) is 0.632. The van der Waals surface area contributed by atoms with Gasteiger partial charge in [-0.1, -0.05) is 13.8 Å². The van der Waals surface area contributed by atoms with Gasteiger partial charge in [-0.15, -0.1) is 12.4 Å². The number of carbonyl (C=O) groups is 1. The van der Waals surface area contributed by atoms with Gasteiger partial charge in [0.1, 0.15) is 0 Å². The lowest BCUT2D eigenvalue weighted by atomic mass is 10.1. The van der Waals surface area contributed by atoms with Crippen LogP contribution in [0.25, 0.3) is 0 Å². The zero-order valence-electron chi connectivity index (χ0n) is 15.5. The Hall–Kier alpha value is -1.46. The number of hydrogen-bond acceptors (Lipinski definition) is 4. The minimum absolute atomic E-state index is 0. The number of benzene rings is 1. The molecule has 1 heterocycles. The average Bonchev–Trinajstić information content (AvgIpc) is 2.98. The van der Waals surface area contributed by atoms with Gasteiger partial charge in [-0.2, -0.15) is 0 Å². The third-order valence-electron chi connectivity index (χ3n) is 4.37. The van der Waals surface area contributed by atoms with Crippen molar-refractivity contribution in [1.29, 1.82) is 0 Å². The second-order valence-corrected chi connectivity index (χ2v) is 6.50. The van der Waals surface area contributed by atoms with Crippen LogP contribution in [0.4, 0.5) is 0 Å². The van der Waals surface area contributed by atoms with Crippen LogP contribution < -0.4 is 15.2 Å². The standard InChI is InChI=1S/C19H30N2O3.ClH/c1-4-8-23-17-7-6-16(11-18(17)24-9-5-2)19(22)21-13-15(12-20)10-14(21)3;/h6-7,11,14-15H,4-5,8-10,12-13,20H2,1-3H3;1H. The van der Waals surface area contributed by atoms with E-state index in [1.165, 1.54) is 0 Å². The number of hydrogen-bond donors (Lipinski definition) is 1. The van der Waals surface area contributed by atoms with E-state index in [0.717, 1.165) is 25.8 Å². The van der Waals surface area contributed by atoms with Crippen molar-refractivity contribution in [2.24, 2.45) is 11.7 Å². The van der Waals surface area contributed by atoms with Crippen LogP contribution in [0.2, 0.25) is 0 Å². The van der Waals surface area contributed by atoms with Gasteiger partial charge in [0.05, 0.1) is 13.2 Å². The largest absolute Gasteiger partial charge is 0.490 e. The highest BCUT2D eigenvalue weighted by Gasteiger charge is 2.32. The molecule has 2 unspecified atom stereocenters. The molecule has 2 N–H and O–H groups in total. The van der Waals surface area contributed by atoms with Crippen molar-refractivity contribution in [3.05, 3.63) is 23.8 Å². The van der Waals surface area contributed by atoms with Crippen LogP contribution >= 0.6 is 12.4 Å². The molecule has 1 saturated heterocycles. The molecule has 0 saturated carbocycles. The second kappa shape index (κ2) is 10.5. The monoisotopic (exact) mass is 370 g/mol. The quantitative estimate of drug-likeness (QED) is 0.760. The summed E-state index contributed by atoms with van der Waals surface area (Å²) in [6, 6.07) is 5.71. The zero-order valence-corrected chi connectivity index (χ0v) is 16.3. The molecule has 0 bridgehead atoms. The van der Waals surface area contributed by atoms with Crippen LogP contribution in [0, 0.1) is 5.92 Å². The smallest absolute Gasteiger partial charge is 0.254 e. The Kier molecular flexibility index (Phi) is 9.08. The average molecular weight is 371 g/mol.